The fraction of sp³-hybridized carbons (Fsp3) is 0.583. The highest BCUT2D eigenvalue weighted by molar-refractivity contribution is 5.39. The highest BCUT2D eigenvalue weighted by Crippen LogP contribution is 2.14. The summed E-state index contributed by atoms with van der Waals surface area (Å²) in [5.41, 5.74) is 0.655. The summed E-state index contributed by atoms with van der Waals surface area (Å²) in [6.45, 7) is 7.39. The predicted octanol–water partition coefficient (Wildman–Crippen LogP) is 2.54. The molecule has 0 saturated heterocycles. The summed E-state index contributed by atoms with van der Waals surface area (Å²) < 4.78 is 13.9. The van der Waals surface area contributed by atoms with Gasteiger partial charge in [0.2, 0.25) is 0 Å². The molecule has 1 rings (SSSR count). The average molecular weight is 225 g/mol. The molecule has 3 nitrogen and oxygen atoms in total. The Kier molecular flexibility index (Phi) is 5.19. The molecule has 0 aliphatic carbocycles. The zero-order valence-corrected chi connectivity index (χ0v) is 10.2. The smallest absolute Gasteiger partial charge is 0.169 e. The van der Waals surface area contributed by atoms with Gasteiger partial charge in [0.25, 0.3) is 0 Å². The van der Waals surface area contributed by atoms with E-state index < -0.39 is 0 Å². The summed E-state index contributed by atoms with van der Waals surface area (Å²) in [5, 5.41) is 6.17. The number of hydrogen-bond donors (Lipinski definition) is 2. The van der Waals surface area contributed by atoms with Crippen LogP contribution in [0, 0.1) is 5.82 Å². The minimum Gasteiger partial charge on any atom is -0.368 e. The van der Waals surface area contributed by atoms with Gasteiger partial charge in [0.1, 0.15) is 0 Å². The van der Waals surface area contributed by atoms with Crippen LogP contribution in [-0.4, -0.2) is 17.6 Å². The minimum atomic E-state index is -0.246. The van der Waals surface area contributed by atoms with Crippen LogP contribution in [0.5, 0.6) is 0 Å². The van der Waals surface area contributed by atoms with E-state index in [-0.39, 0.29) is 5.82 Å². The van der Waals surface area contributed by atoms with Crippen LogP contribution >= 0.6 is 0 Å². The number of halogens is 1. The van der Waals surface area contributed by atoms with Crippen molar-refractivity contribution < 1.29 is 4.39 Å². The Balaban J connectivity index is 2.70. The summed E-state index contributed by atoms with van der Waals surface area (Å²) in [6, 6.07) is 2.06. The summed E-state index contributed by atoms with van der Waals surface area (Å²) in [5.74, 6) is 0.106. The molecule has 0 fully saturated rings. The van der Waals surface area contributed by atoms with Crippen LogP contribution in [-0.2, 0) is 6.54 Å². The molecule has 0 unspecified atom stereocenters. The van der Waals surface area contributed by atoms with E-state index in [0.29, 0.717) is 24.0 Å². The molecule has 0 amide bonds. The van der Waals surface area contributed by atoms with Gasteiger partial charge in [-0.2, -0.15) is 0 Å². The van der Waals surface area contributed by atoms with Gasteiger partial charge in [-0.1, -0.05) is 20.8 Å². The molecule has 1 heterocycles. The second-order valence-corrected chi connectivity index (χ2v) is 4.10. The first-order valence-electron chi connectivity index (χ1n) is 5.75. The van der Waals surface area contributed by atoms with Crippen LogP contribution in [0.1, 0.15) is 32.8 Å². The van der Waals surface area contributed by atoms with E-state index in [2.05, 4.69) is 15.6 Å². The number of anilines is 1. The number of nitrogens with zero attached hydrogens (tertiary/aromatic N) is 1. The Bertz CT molecular complexity index is 326. The van der Waals surface area contributed by atoms with Crippen LogP contribution in [0.4, 0.5) is 10.2 Å². The van der Waals surface area contributed by atoms with E-state index in [1.807, 2.05) is 20.8 Å². The van der Waals surface area contributed by atoms with Gasteiger partial charge in [0.15, 0.2) is 11.6 Å². The fourth-order valence-corrected chi connectivity index (χ4v) is 1.30. The van der Waals surface area contributed by atoms with Crippen LogP contribution in [0.2, 0.25) is 0 Å². The van der Waals surface area contributed by atoms with Gasteiger partial charge in [-0.3, -0.25) is 0 Å². The molecule has 90 valence electrons. The molecule has 0 saturated carbocycles. The Morgan fingerprint density at radius 2 is 2.19 bits per heavy atom. The Hall–Kier alpha value is -1.16. The van der Waals surface area contributed by atoms with Crippen LogP contribution in [0.15, 0.2) is 12.3 Å². The summed E-state index contributed by atoms with van der Waals surface area (Å²) >= 11 is 0. The normalized spacial score (nSPS) is 10.8. The van der Waals surface area contributed by atoms with Crippen molar-refractivity contribution in [3.05, 3.63) is 23.6 Å². The lowest BCUT2D eigenvalue weighted by Crippen LogP contribution is -2.22. The number of aromatic nitrogens is 1. The molecule has 0 atom stereocenters. The van der Waals surface area contributed by atoms with E-state index in [1.54, 1.807) is 12.3 Å². The van der Waals surface area contributed by atoms with E-state index in [0.717, 1.165) is 13.0 Å². The molecule has 0 aliphatic heterocycles. The molecule has 0 aliphatic rings. The van der Waals surface area contributed by atoms with Gasteiger partial charge in [0, 0.05) is 30.9 Å². The molecule has 16 heavy (non-hydrogen) atoms. The van der Waals surface area contributed by atoms with Crippen molar-refractivity contribution in [2.24, 2.45) is 0 Å². The van der Waals surface area contributed by atoms with E-state index in [9.17, 15) is 4.39 Å². The van der Waals surface area contributed by atoms with Crippen molar-refractivity contribution in [3.8, 4) is 0 Å². The lowest BCUT2D eigenvalue weighted by molar-refractivity contribution is 0.552. The van der Waals surface area contributed by atoms with Crippen molar-refractivity contribution in [3.63, 3.8) is 0 Å². The molecule has 0 spiro atoms. The minimum absolute atomic E-state index is 0.246. The monoisotopic (exact) mass is 225 g/mol. The van der Waals surface area contributed by atoms with E-state index in [4.69, 9.17) is 0 Å². The molecule has 4 heteroatoms. The predicted molar refractivity (Wildman–Crippen MR) is 65.0 cm³/mol. The molecule has 1 aromatic heterocycles. The molecule has 2 N–H and O–H groups in total. The maximum Gasteiger partial charge on any atom is 0.169 e. The van der Waals surface area contributed by atoms with Crippen LogP contribution in [0.3, 0.4) is 0 Å². The third-order valence-electron chi connectivity index (χ3n) is 2.21. The SMILES string of the molecule is CCCNc1nccc(CNC(C)C)c1F. The maximum atomic E-state index is 13.9. The third kappa shape index (κ3) is 3.77. The Labute approximate surface area is 96.5 Å². The Morgan fingerprint density at radius 3 is 2.81 bits per heavy atom. The molecular formula is C12H20FN3. The van der Waals surface area contributed by atoms with Gasteiger partial charge in [-0.05, 0) is 12.5 Å². The lowest BCUT2D eigenvalue weighted by Gasteiger charge is -2.11. The van der Waals surface area contributed by atoms with Crippen molar-refractivity contribution in [1.82, 2.24) is 10.3 Å². The van der Waals surface area contributed by atoms with Gasteiger partial charge in [-0.25, -0.2) is 9.37 Å². The van der Waals surface area contributed by atoms with Crippen molar-refractivity contribution in [2.45, 2.75) is 39.8 Å². The van der Waals surface area contributed by atoms with E-state index >= 15 is 0 Å². The molecule has 1 aromatic rings. The van der Waals surface area contributed by atoms with Crippen molar-refractivity contribution >= 4 is 5.82 Å². The zero-order chi connectivity index (χ0) is 12.0. The summed E-state index contributed by atoms with van der Waals surface area (Å²) in [7, 11) is 0. The lowest BCUT2D eigenvalue weighted by atomic mass is 10.2. The van der Waals surface area contributed by atoms with Gasteiger partial charge in [-0.15, -0.1) is 0 Å². The maximum absolute atomic E-state index is 13.9. The largest absolute Gasteiger partial charge is 0.368 e. The standard InChI is InChI=1S/C12H20FN3/c1-4-6-14-12-11(13)10(5-7-15-12)8-16-9(2)3/h5,7,9,16H,4,6,8H2,1-3H3,(H,14,15). The third-order valence-corrected chi connectivity index (χ3v) is 2.21. The van der Waals surface area contributed by atoms with Gasteiger partial charge < -0.3 is 10.6 Å². The van der Waals surface area contributed by atoms with Crippen LogP contribution in [0.25, 0.3) is 0 Å². The second kappa shape index (κ2) is 6.43. The number of pyridine rings is 1. The molecule has 0 aromatic carbocycles. The van der Waals surface area contributed by atoms with E-state index in [1.165, 1.54) is 0 Å². The molecule has 0 radical (unpaired) electrons. The molecular weight excluding hydrogens is 205 g/mol. The highest BCUT2D eigenvalue weighted by atomic mass is 19.1. The Morgan fingerprint density at radius 1 is 1.44 bits per heavy atom. The van der Waals surface area contributed by atoms with Crippen molar-refractivity contribution in [2.75, 3.05) is 11.9 Å². The number of rotatable bonds is 6. The highest BCUT2D eigenvalue weighted by Gasteiger charge is 2.08. The summed E-state index contributed by atoms with van der Waals surface area (Å²) in [4.78, 5) is 3.99. The fourth-order valence-electron chi connectivity index (χ4n) is 1.30. The number of hydrogen-bond acceptors (Lipinski definition) is 3. The van der Waals surface area contributed by atoms with Gasteiger partial charge >= 0.3 is 0 Å². The first-order chi connectivity index (χ1) is 7.65. The van der Waals surface area contributed by atoms with Gasteiger partial charge in [0.05, 0.1) is 0 Å². The average Bonchev–Trinajstić information content (AvgIpc) is 2.26. The topological polar surface area (TPSA) is 37.0 Å². The van der Waals surface area contributed by atoms with Crippen molar-refractivity contribution in [1.29, 1.82) is 0 Å². The number of nitrogens with one attached hydrogen (secondary N) is 2. The second-order valence-electron chi connectivity index (χ2n) is 4.10. The quantitative estimate of drug-likeness (QED) is 0.781. The first-order valence-corrected chi connectivity index (χ1v) is 5.75. The first kappa shape index (κ1) is 12.9. The summed E-state index contributed by atoms with van der Waals surface area (Å²) in [6.07, 6.45) is 2.59. The zero-order valence-electron chi connectivity index (χ0n) is 10.2. The van der Waals surface area contributed by atoms with Crippen LogP contribution < -0.4 is 10.6 Å². The molecule has 0 bridgehead atoms.